The lowest BCUT2D eigenvalue weighted by Crippen LogP contribution is -2.37. The minimum Gasteiger partial charge on any atom is -0.481 e. The van der Waals surface area contributed by atoms with Crippen LogP contribution >= 0.6 is 0 Å². The maximum absolute atomic E-state index is 13.2. The van der Waals surface area contributed by atoms with Crippen molar-refractivity contribution in [2.75, 3.05) is 0 Å². The molecule has 2 N–H and O–H groups in total. The van der Waals surface area contributed by atoms with Crippen LogP contribution in [0.4, 0.5) is 4.39 Å². The van der Waals surface area contributed by atoms with Crippen molar-refractivity contribution in [1.29, 1.82) is 0 Å². The Morgan fingerprint density at radius 3 is 2.70 bits per heavy atom. The average Bonchev–Trinajstić information content (AvgIpc) is 2.53. The van der Waals surface area contributed by atoms with E-state index >= 15 is 0 Å². The van der Waals surface area contributed by atoms with Crippen molar-refractivity contribution in [1.82, 2.24) is 10.3 Å². The number of nitrogens with zero attached hydrogens (tertiary/aromatic N) is 1. The van der Waals surface area contributed by atoms with E-state index in [-0.39, 0.29) is 18.0 Å². The number of rotatable bonds is 7. The first-order valence-corrected chi connectivity index (χ1v) is 8.18. The summed E-state index contributed by atoms with van der Waals surface area (Å²) >= 11 is 0. The van der Waals surface area contributed by atoms with Gasteiger partial charge in [0.05, 0.1) is 11.8 Å². The summed E-state index contributed by atoms with van der Waals surface area (Å²) < 4.78 is 13.2. The van der Waals surface area contributed by atoms with E-state index in [1.165, 1.54) is 25.5 Å². The van der Waals surface area contributed by atoms with E-state index in [0.29, 0.717) is 12.3 Å². The number of pyridine rings is 1. The lowest BCUT2D eigenvalue weighted by atomic mass is 9.84. The summed E-state index contributed by atoms with van der Waals surface area (Å²) in [5, 5.41) is 11.7. The number of halogens is 1. The number of aliphatic carboxylic acids is 1. The number of amides is 1. The molecule has 1 saturated carbocycles. The van der Waals surface area contributed by atoms with E-state index in [1.54, 1.807) is 0 Å². The fourth-order valence-corrected chi connectivity index (χ4v) is 3.18. The Kier molecular flexibility index (Phi) is 6.50. The molecule has 0 aliphatic heterocycles. The molecule has 0 spiro atoms. The van der Waals surface area contributed by atoms with Crippen LogP contribution in [0.3, 0.4) is 0 Å². The van der Waals surface area contributed by atoms with Gasteiger partial charge in [0.2, 0.25) is 0 Å². The second-order valence-corrected chi connectivity index (χ2v) is 6.23. The summed E-state index contributed by atoms with van der Waals surface area (Å²) in [5.41, 5.74) is 0.161. The number of carboxylic acid groups (broad SMARTS) is 1. The molecule has 1 aliphatic rings. The third-order valence-corrected chi connectivity index (χ3v) is 4.35. The van der Waals surface area contributed by atoms with Gasteiger partial charge in [-0.25, -0.2) is 4.39 Å². The van der Waals surface area contributed by atoms with Crippen LogP contribution in [0.1, 0.15) is 61.7 Å². The molecule has 0 bridgehead atoms. The van der Waals surface area contributed by atoms with Crippen LogP contribution in [0, 0.1) is 11.7 Å². The third-order valence-electron chi connectivity index (χ3n) is 4.35. The van der Waals surface area contributed by atoms with E-state index in [9.17, 15) is 14.0 Å². The van der Waals surface area contributed by atoms with Gasteiger partial charge in [-0.3, -0.25) is 14.6 Å². The van der Waals surface area contributed by atoms with E-state index in [1.807, 2.05) is 0 Å². The minimum absolute atomic E-state index is 0.0130. The summed E-state index contributed by atoms with van der Waals surface area (Å²) in [6.07, 6.45) is 9.42. The molecule has 23 heavy (non-hydrogen) atoms. The second-order valence-electron chi connectivity index (χ2n) is 6.23. The second kappa shape index (κ2) is 8.60. The van der Waals surface area contributed by atoms with E-state index in [2.05, 4.69) is 10.3 Å². The SMILES string of the molecule is O=C(O)CCC(CC1CCCCC1)NC(=O)c1cncc(F)c1. The quantitative estimate of drug-likeness (QED) is 0.808. The van der Waals surface area contributed by atoms with Gasteiger partial charge in [0.15, 0.2) is 0 Å². The van der Waals surface area contributed by atoms with Gasteiger partial charge < -0.3 is 10.4 Å². The molecular formula is C17H23FN2O3. The Labute approximate surface area is 135 Å². The van der Waals surface area contributed by atoms with Gasteiger partial charge in [-0.2, -0.15) is 0 Å². The zero-order valence-electron chi connectivity index (χ0n) is 13.1. The van der Waals surface area contributed by atoms with Crippen molar-refractivity contribution in [2.45, 2.75) is 57.4 Å². The molecular weight excluding hydrogens is 299 g/mol. The first-order valence-electron chi connectivity index (χ1n) is 8.18. The Bertz CT molecular complexity index is 544. The molecule has 1 unspecified atom stereocenters. The van der Waals surface area contributed by atoms with Crippen molar-refractivity contribution in [2.24, 2.45) is 5.92 Å². The first kappa shape index (κ1) is 17.4. The van der Waals surface area contributed by atoms with Crippen molar-refractivity contribution >= 4 is 11.9 Å². The van der Waals surface area contributed by atoms with Crippen LogP contribution < -0.4 is 5.32 Å². The number of nitrogens with one attached hydrogen (secondary N) is 1. The lowest BCUT2D eigenvalue weighted by molar-refractivity contribution is -0.137. The van der Waals surface area contributed by atoms with Crippen LogP contribution in [0.15, 0.2) is 18.5 Å². The van der Waals surface area contributed by atoms with E-state index in [0.717, 1.165) is 31.5 Å². The van der Waals surface area contributed by atoms with Crippen LogP contribution in [0.5, 0.6) is 0 Å². The number of hydrogen-bond acceptors (Lipinski definition) is 3. The maximum atomic E-state index is 13.2. The Balaban J connectivity index is 1.97. The molecule has 1 fully saturated rings. The first-order chi connectivity index (χ1) is 11.0. The van der Waals surface area contributed by atoms with Crippen LogP contribution in [0.25, 0.3) is 0 Å². The normalized spacial score (nSPS) is 16.7. The topological polar surface area (TPSA) is 79.3 Å². The highest BCUT2D eigenvalue weighted by molar-refractivity contribution is 5.94. The monoisotopic (exact) mass is 322 g/mol. The molecule has 1 aromatic heterocycles. The number of aromatic nitrogens is 1. The van der Waals surface area contributed by atoms with Gasteiger partial charge in [-0.1, -0.05) is 32.1 Å². The molecule has 0 saturated heterocycles. The van der Waals surface area contributed by atoms with Crippen LogP contribution in [0.2, 0.25) is 0 Å². The lowest BCUT2D eigenvalue weighted by Gasteiger charge is -2.27. The van der Waals surface area contributed by atoms with Gasteiger partial charge in [-0.05, 0) is 24.8 Å². The summed E-state index contributed by atoms with van der Waals surface area (Å²) in [5.74, 6) is -1.32. The number of hydrogen-bond donors (Lipinski definition) is 2. The highest BCUT2D eigenvalue weighted by Gasteiger charge is 2.22. The van der Waals surface area contributed by atoms with Gasteiger partial charge in [0.1, 0.15) is 5.82 Å². The zero-order valence-corrected chi connectivity index (χ0v) is 13.1. The predicted octanol–water partition coefficient (Wildman–Crippen LogP) is 3.15. The summed E-state index contributed by atoms with van der Waals surface area (Å²) in [7, 11) is 0. The van der Waals surface area contributed by atoms with Crippen molar-refractivity contribution in [3.05, 3.63) is 29.8 Å². The fourth-order valence-electron chi connectivity index (χ4n) is 3.18. The zero-order chi connectivity index (χ0) is 16.7. The molecule has 1 aromatic rings. The van der Waals surface area contributed by atoms with Crippen LogP contribution in [-0.4, -0.2) is 28.0 Å². The fraction of sp³-hybridized carbons (Fsp3) is 0.588. The molecule has 1 amide bonds. The summed E-state index contributed by atoms with van der Waals surface area (Å²) in [6.45, 7) is 0. The molecule has 1 aliphatic carbocycles. The van der Waals surface area contributed by atoms with Gasteiger partial charge in [-0.15, -0.1) is 0 Å². The minimum atomic E-state index is -0.875. The number of carbonyl (C=O) groups is 2. The van der Waals surface area contributed by atoms with Gasteiger partial charge in [0.25, 0.3) is 5.91 Å². The molecule has 1 atom stereocenters. The van der Waals surface area contributed by atoms with Gasteiger partial charge >= 0.3 is 5.97 Å². The van der Waals surface area contributed by atoms with Crippen molar-refractivity contribution < 1.29 is 19.1 Å². The Hall–Kier alpha value is -1.98. The Morgan fingerprint density at radius 2 is 2.04 bits per heavy atom. The summed E-state index contributed by atoms with van der Waals surface area (Å²) in [6, 6.07) is 0.932. The van der Waals surface area contributed by atoms with Crippen molar-refractivity contribution in [3.63, 3.8) is 0 Å². The highest BCUT2D eigenvalue weighted by Crippen LogP contribution is 2.28. The maximum Gasteiger partial charge on any atom is 0.303 e. The smallest absolute Gasteiger partial charge is 0.303 e. The standard InChI is InChI=1S/C17H23FN2O3/c18-14-9-13(10-19-11-14)17(23)20-15(6-7-16(21)22)8-12-4-2-1-3-5-12/h9-12,15H,1-8H2,(H,20,23)(H,21,22). The van der Waals surface area contributed by atoms with Gasteiger partial charge in [0, 0.05) is 18.7 Å². The molecule has 0 radical (unpaired) electrons. The molecule has 0 aromatic carbocycles. The predicted molar refractivity (Wildman–Crippen MR) is 83.5 cm³/mol. The van der Waals surface area contributed by atoms with Crippen molar-refractivity contribution in [3.8, 4) is 0 Å². The summed E-state index contributed by atoms with van der Waals surface area (Å²) in [4.78, 5) is 26.7. The third kappa shape index (κ3) is 5.96. The molecule has 126 valence electrons. The molecule has 2 rings (SSSR count). The average molecular weight is 322 g/mol. The number of carboxylic acids is 1. The molecule has 1 heterocycles. The van der Waals surface area contributed by atoms with Crippen LogP contribution in [-0.2, 0) is 4.79 Å². The Morgan fingerprint density at radius 1 is 1.30 bits per heavy atom. The largest absolute Gasteiger partial charge is 0.481 e. The number of carbonyl (C=O) groups excluding carboxylic acids is 1. The molecule has 6 heteroatoms. The van der Waals surface area contributed by atoms with E-state index in [4.69, 9.17) is 5.11 Å². The van der Waals surface area contributed by atoms with E-state index < -0.39 is 17.7 Å². The highest BCUT2D eigenvalue weighted by atomic mass is 19.1. The molecule has 5 nitrogen and oxygen atoms in total.